The second kappa shape index (κ2) is 9.49. The summed E-state index contributed by atoms with van der Waals surface area (Å²) >= 11 is 3.53. The van der Waals surface area contributed by atoms with Gasteiger partial charge in [-0.05, 0) is 49.2 Å². The van der Waals surface area contributed by atoms with E-state index in [1.165, 1.54) is 11.1 Å². The van der Waals surface area contributed by atoms with Crippen LogP contribution in [0.4, 0.5) is 0 Å². The molecule has 1 unspecified atom stereocenters. The molecule has 1 aliphatic heterocycles. The number of amides is 1. The van der Waals surface area contributed by atoms with Gasteiger partial charge in [0.25, 0.3) is 5.91 Å². The Hall–Kier alpha value is -1.69. The van der Waals surface area contributed by atoms with E-state index in [0.717, 1.165) is 49.3 Å². The van der Waals surface area contributed by atoms with Crippen molar-refractivity contribution < 1.29 is 4.79 Å². The summed E-state index contributed by atoms with van der Waals surface area (Å²) in [6.07, 6.45) is 0. The number of rotatable bonds is 6. The van der Waals surface area contributed by atoms with E-state index in [4.69, 9.17) is 0 Å². The number of hydrogen-bond acceptors (Lipinski definition) is 3. The fourth-order valence-corrected chi connectivity index (χ4v) is 3.97. The molecule has 0 aliphatic carbocycles. The van der Waals surface area contributed by atoms with Gasteiger partial charge in [0, 0.05) is 49.3 Å². The predicted molar refractivity (Wildman–Crippen MR) is 114 cm³/mol. The largest absolute Gasteiger partial charge is 0.339 e. The maximum absolute atomic E-state index is 12.6. The third kappa shape index (κ3) is 4.78. The monoisotopic (exact) mass is 429 g/mol. The van der Waals surface area contributed by atoms with Crippen LogP contribution in [-0.4, -0.2) is 55.0 Å². The van der Waals surface area contributed by atoms with Gasteiger partial charge in [0.05, 0.1) is 6.04 Å². The van der Waals surface area contributed by atoms with Gasteiger partial charge in [-0.2, -0.15) is 0 Å². The highest BCUT2D eigenvalue weighted by Gasteiger charge is 2.24. The van der Waals surface area contributed by atoms with E-state index in [0.29, 0.717) is 0 Å². The fraction of sp³-hybridized carbons (Fsp3) is 0.409. The molecular weight excluding hydrogens is 402 g/mol. The second-order valence-electron chi connectivity index (χ2n) is 6.84. The molecule has 0 radical (unpaired) electrons. The Morgan fingerprint density at radius 2 is 1.52 bits per heavy atom. The van der Waals surface area contributed by atoms with Gasteiger partial charge in [-0.15, -0.1) is 0 Å². The van der Waals surface area contributed by atoms with Crippen LogP contribution < -0.4 is 5.32 Å². The number of hydrogen-bond donors (Lipinski definition) is 1. The Morgan fingerprint density at radius 3 is 2.04 bits per heavy atom. The fourth-order valence-electron chi connectivity index (χ4n) is 3.70. The van der Waals surface area contributed by atoms with Crippen molar-refractivity contribution in [2.45, 2.75) is 19.9 Å². The summed E-state index contributed by atoms with van der Waals surface area (Å²) in [4.78, 5) is 17.0. The molecule has 1 heterocycles. The van der Waals surface area contributed by atoms with Crippen LogP contribution in [0.5, 0.6) is 0 Å². The van der Waals surface area contributed by atoms with Crippen LogP contribution >= 0.6 is 15.9 Å². The van der Waals surface area contributed by atoms with E-state index in [-0.39, 0.29) is 11.9 Å². The van der Waals surface area contributed by atoms with Gasteiger partial charge in [-0.3, -0.25) is 9.69 Å². The Balaban J connectivity index is 1.90. The molecule has 4 nitrogen and oxygen atoms in total. The Morgan fingerprint density at radius 1 is 1.00 bits per heavy atom. The molecule has 1 atom stereocenters. The molecule has 2 aromatic rings. The van der Waals surface area contributed by atoms with Gasteiger partial charge in [0.15, 0.2) is 0 Å². The first-order chi connectivity index (χ1) is 13.1. The minimum atomic E-state index is 0.105. The molecule has 0 aromatic heterocycles. The molecule has 1 N–H and O–H groups in total. The van der Waals surface area contributed by atoms with Crippen molar-refractivity contribution in [1.29, 1.82) is 0 Å². The summed E-state index contributed by atoms with van der Waals surface area (Å²) < 4.78 is 1.09. The van der Waals surface area contributed by atoms with Crippen molar-refractivity contribution in [1.82, 2.24) is 15.1 Å². The Kier molecular flexibility index (Phi) is 7.05. The molecule has 0 bridgehead atoms. The molecule has 144 valence electrons. The molecule has 0 saturated carbocycles. The predicted octanol–water partition coefficient (Wildman–Crippen LogP) is 3.93. The first kappa shape index (κ1) is 20.1. The van der Waals surface area contributed by atoms with Crippen molar-refractivity contribution in [3.8, 4) is 0 Å². The summed E-state index contributed by atoms with van der Waals surface area (Å²) in [6.45, 7) is 9.55. The van der Waals surface area contributed by atoms with Gasteiger partial charge in [0.1, 0.15) is 0 Å². The third-order valence-electron chi connectivity index (χ3n) is 5.23. The van der Waals surface area contributed by atoms with Crippen molar-refractivity contribution in [2.75, 3.05) is 39.3 Å². The number of carbonyl (C=O) groups excluding carboxylic acids is 1. The zero-order valence-electron chi connectivity index (χ0n) is 16.1. The number of nitrogens with one attached hydrogen (secondary N) is 1. The lowest BCUT2D eigenvalue weighted by molar-refractivity contribution is 0.0773. The third-order valence-corrected chi connectivity index (χ3v) is 5.76. The van der Waals surface area contributed by atoms with E-state index < -0.39 is 0 Å². The highest BCUT2D eigenvalue weighted by molar-refractivity contribution is 9.10. The maximum atomic E-state index is 12.6. The van der Waals surface area contributed by atoms with Crippen molar-refractivity contribution in [2.24, 2.45) is 0 Å². The van der Waals surface area contributed by atoms with Gasteiger partial charge >= 0.3 is 0 Å². The topological polar surface area (TPSA) is 35.6 Å². The van der Waals surface area contributed by atoms with E-state index in [1.54, 1.807) is 0 Å². The zero-order valence-corrected chi connectivity index (χ0v) is 17.7. The summed E-state index contributed by atoms with van der Waals surface area (Å²) in [5, 5.41) is 3.43. The molecule has 1 aliphatic rings. The van der Waals surface area contributed by atoms with Gasteiger partial charge in [-0.25, -0.2) is 0 Å². The van der Waals surface area contributed by atoms with Crippen molar-refractivity contribution >= 4 is 21.8 Å². The SMILES string of the molecule is CCN(CC)C(=O)c1ccc(C(c2ccc(Br)cc2)N2CCNCC2)cc1. The first-order valence-electron chi connectivity index (χ1n) is 9.73. The lowest BCUT2D eigenvalue weighted by atomic mass is 9.95. The van der Waals surface area contributed by atoms with Crippen LogP contribution in [-0.2, 0) is 0 Å². The summed E-state index contributed by atoms with van der Waals surface area (Å²) in [7, 11) is 0. The van der Waals surface area contributed by atoms with E-state index in [9.17, 15) is 4.79 Å². The molecule has 5 heteroatoms. The van der Waals surface area contributed by atoms with E-state index in [2.05, 4.69) is 62.5 Å². The minimum absolute atomic E-state index is 0.105. The summed E-state index contributed by atoms with van der Waals surface area (Å²) in [6, 6.07) is 17.0. The highest BCUT2D eigenvalue weighted by Crippen LogP contribution is 2.30. The number of nitrogens with zero attached hydrogens (tertiary/aromatic N) is 2. The average molecular weight is 430 g/mol. The Labute approximate surface area is 170 Å². The minimum Gasteiger partial charge on any atom is -0.339 e. The quantitative estimate of drug-likeness (QED) is 0.755. The first-order valence-corrected chi connectivity index (χ1v) is 10.5. The van der Waals surface area contributed by atoms with Crippen LogP contribution in [0, 0.1) is 0 Å². The lowest BCUT2D eigenvalue weighted by Crippen LogP contribution is -2.45. The van der Waals surface area contributed by atoms with E-state index in [1.807, 2.05) is 30.9 Å². The highest BCUT2D eigenvalue weighted by atomic mass is 79.9. The van der Waals surface area contributed by atoms with E-state index >= 15 is 0 Å². The number of piperazine rings is 1. The smallest absolute Gasteiger partial charge is 0.253 e. The molecule has 3 rings (SSSR count). The van der Waals surface area contributed by atoms with Crippen LogP contribution in [0.3, 0.4) is 0 Å². The van der Waals surface area contributed by atoms with Crippen LogP contribution in [0.2, 0.25) is 0 Å². The zero-order chi connectivity index (χ0) is 19.2. The standard InChI is InChI=1S/C22H28BrN3O/c1-3-25(4-2)22(27)19-7-5-17(6-8-19)21(26-15-13-24-14-16-26)18-9-11-20(23)12-10-18/h5-12,21,24H,3-4,13-16H2,1-2H3. The normalized spacial score (nSPS) is 16.1. The Bertz CT molecular complexity index is 735. The average Bonchev–Trinajstić information content (AvgIpc) is 2.72. The second-order valence-corrected chi connectivity index (χ2v) is 7.76. The van der Waals surface area contributed by atoms with Gasteiger partial charge in [0.2, 0.25) is 0 Å². The maximum Gasteiger partial charge on any atom is 0.253 e. The van der Waals surface area contributed by atoms with Crippen LogP contribution in [0.15, 0.2) is 53.0 Å². The van der Waals surface area contributed by atoms with Gasteiger partial charge < -0.3 is 10.2 Å². The van der Waals surface area contributed by atoms with Crippen molar-refractivity contribution in [3.05, 3.63) is 69.7 Å². The molecular formula is C22H28BrN3O. The van der Waals surface area contributed by atoms with Crippen LogP contribution in [0.25, 0.3) is 0 Å². The van der Waals surface area contributed by atoms with Crippen LogP contribution in [0.1, 0.15) is 41.4 Å². The molecule has 1 saturated heterocycles. The molecule has 1 amide bonds. The molecule has 2 aromatic carbocycles. The molecule has 27 heavy (non-hydrogen) atoms. The lowest BCUT2D eigenvalue weighted by Gasteiger charge is -2.35. The number of carbonyl (C=O) groups is 1. The van der Waals surface area contributed by atoms with Gasteiger partial charge in [-0.1, -0.05) is 40.2 Å². The molecule has 1 fully saturated rings. The molecule has 0 spiro atoms. The number of halogens is 1. The summed E-state index contributed by atoms with van der Waals surface area (Å²) in [5.74, 6) is 0.105. The van der Waals surface area contributed by atoms with Crippen molar-refractivity contribution in [3.63, 3.8) is 0 Å². The number of benzene rings is 2. The summed E-state index contributed by atoms with van der Waals surface area (Å²) in [5.41, 5.74) is 3.27.